The minimum atomic E-state index is -0.515. The van der Waals surface area contributed by atoms with E-state index in [4.69, 9.17) is 9.68 Å². The lowest BCUT2D eigenvalue weighted by Gasteiger charge is -2.31. The fourth-order valence-electron chi connectivity index (χ4n) is 3.34. The van der Waals surface area contributed by atoms with Gasteiger partial charge < -0.3 is 14.6 Å². The van der Waals surface area contributed by atoms with Gasteiger partial charge in [-0.1, -0.05) is 12.1 Å². The predicted molar refractivity (Wildman–Crippen MR) is 97.7 cm³/mol. The van der Waals surface area contributed by atoms with E-state index in [-0.39, 0.29) is 17.5 Å². The van der Waals surface area contributed by atoms with Crippen LogP contribution in [0, 0.1) is 17.1 Å². The molecule has 4 rings (SSSR count). The van der Waals surface area contributed by atoms with Crippen LogP contribution in [0.25, 0.3) is 11.1 Å². The second kappa shape index (κ2) is 7.08. The molecule has 0 radical (unpaired) electrons. The number of hydrogen-bond donors (Lipinski definition) is 1. The molecule has 1 saturated heterocycles. The third-order valence-electron chi connectivity index (χ3n) is 4.71. The molecule has 1 aliphatic rings. The molecule has 0 bridgehead atoms. The van der Waals surface area contributed by atoms with Gasteiger partial charge in [-0.2, -0.15) is 5.26 Å². The molecule has 1 N–H and O–H groups in total. The van der Waals surface area contributed by atoms with Crippen LogP contribution in [0.5, 0.6) is 0 Å². The second-order valence-corrected chi connectivity index (χ2v) is 6.54. The molecule has 1 atom stereocenters. The van der Waals surface area contributed by atoms with Crippen LogP contribution < -0.4 is 5.32 Å². The van der Waals surface area contributed by atoms with Crippen molar-refractivity contribution < 1.29 is 13.6 Å². The minimum absolute atomic E-state index is 0.0144. The van der Waals surface area contributed by atoms with Crippen molar-refractivity contribution in [1.82, 2.24) is 9.88 Å². The van der Waals surface area contributed by atoms with Gasteiger partial charge in [-0.25, -0.2) is 14.2 Å². The van der Waals surface area contributed by atoms with E-state index in [1.807, 2.05) is 30.3 Å². The number of amides is 2. The Kier molecular flexibility index (Phi) is 4.47. The number of anilines is 1. The summed E-state index contributed by atoms with van der Waals surface area (Å²) in [6.07, 6.45) is 1.71. The zero-order valence-corrected chi connectivity index (χ0v) is 14.5. The van der Waals surface area contributed by atoms with Gasteiger partial charge >= 0.3 is 6.03 Å². The van der Waals surface area contributed by atoms with Gasteiger partial charge in [0.2, 0.25) is 0 Å². The van der Waals surface area contributed by atoms with Crippen molar-refractivity contribution >= 4 is 22.8 Å². The molecular weight excluding hydrogens is 347 g/mol. The molecule has 0 saturated carbocycles. The molecule has 6 nitrogen and oxygen atoms in total. The van der Waals surface area contributed by atoms with Crippen LogP contribution in [-0.4, -0.2) is 29.0 Å². The highest BCUT2D eigenvalue weighted by molar-refractivity contribution is 5.91. The first-order chi connectivity index (χ1) is 13.1. The number of para-hydroxylation sites is 2. The number of nitrogens with zero attached hydrogens (tertiary/aromatic N) is 3. The van der Waals surface area contributed by atoms with Crippen LogP contribution in [-0.2, 0) is 0 Å². The molecule has 2 aromatic carbocycles. The van der Waals surface area contributed by atoms with Crippen molar-refractivity contribution in [2.45, 2.75) is 18.8 Å². The molecule has 3 aromatic rings. The van der Waals surface area contributed by atoms with Crippen LogP contribution in [0.4, 0.5) is 14.9 Å². The third-order valence-corrected chi connectivity index (χ3v) is 4.71. The Labute approximate surface area is 155 Å². The van der Waals surface area contributed by atoms with E-state index < -0.39 is 5.82 Å². The maximum atomic E-state index is 13.3. The molecule has 2 heterocycles. The SMILES string of the molecule is N#Cc1cc(F)ccc1NC(=O)N1CCCC(c2nc3ccccc3o2)C1. The Morgan fingerprint density at radius 2 is 2.19 bits per heavy atom. The zero-order valence-electron chi connectivity index (χ0n) is 14.5. The van der Waals surface area contributed by atoms with Gasteiger partial charge in [0.1, 0.15) is 17.4 Å². The van der Waals surface area contributed by atoms with E-state index in [9.17, 15) is 9.18 Å². The summed E-state index contributed by atoms with van der Waals surface area (Å²) in [5.74, 6) is 0.132. The Hall–Kier alpha value is -3.40. The molecule has 7 heteroatoms. The first kappa shape index (κ1) is 17.0. The zero-order chi connectivity index (χ0) is 18.8. The number of oxazole rings is 1. The second-order valence-electron chi connectivity index (χ2n) is 6.54. The molecule has 1 aromatic heterocycles. The largest absolute Gasteiger partial charge is 0.440 e. The van der Waals surface area contributed by atoms with Crippen molar-refractivity contribution in [3.8, 4) is 6.07 Å². The fourth-order valence-corrected chi connectivity index (χ4v) is 3.34. The molecular formula is C20H17FN4O2. The van der Waals surface area contributed by atoms with Crippen molar-refractivity contribution in [1.29, 1.82) is 5.26 Å². The summed E-state index contributed by atoms with van der Waals surface area (Å²) in [7, 11) is 0. The lowest BCUT2D eigenvalue weighted by Crippen LogP contribution is -2.41. The molecule has 0 aliphatic carbocycles. The topological polar surface area (TPSA) is 82.2 Å². The van der Waals surface area contributed by atoms with Crippen LogP contribution in [0.3, 0.4) is 0 Å². The van der Waals surface area contributed by atoms with E-state index in [1.54, 1.807) is 4.90 Å². The quantitative estimate of drug-likeness (QED) is 0.737. The van der Waals surface area contributed by atoms with E-state index >= 15 is 0 Å². The van der Waals surface area contributed by atoms with Gasteiger partial charge in [-0.05, 0) is 43.2 Å². The van der Waals surface area contributed by atoms with Crippen LogP contribution in [0.2, 0.25) is 0 Å². The molecule has 0 spiro atoms. The van der Waals surface area contributed by atoms with Crippen LogP contribution in [0.1, 0.15) is 30.2 Å². The number of benzene rings is 2. The minimum Gasteiger partial charge on any atom is -0.440 e. The number of carbonyl (C=O) groups excluding carboxylic acids is 1. The lowest BCUT2D eigenvalue weighted by atomic mass is 9.98. The summed E-state index contributed by atoms with van der Waals surface area (Å²) in [5.41, 5.74) is 1.93. The molecule has 1 unspecified atom stereocenters. The van der Waals surface area contributed by atoms with E-state index in [1.165, 1.54) is 12.1 Å². The molecule has 1 fully saturated rings. The highest BCUT2D eigenvalue weighted by atomic mass is 19.1. The number of halogens is 1. The number of nitrogens with one attached hydrogen (secondary N) is 1. The number of nitriles is 1. The van der Waals surface area contributed by atoms with Crippen LogP contribution in [0.15, 0.2) is 46.9 Å². The number of aromatic nitrogens is 1. The maximum Gasteiger partial charge on any atom is 0.321 e. The summed E-state index contributed by atoms with van der Waals surface area (Å²) < 4.78 is 19.1. The average Bonchev–Trinajstić information content (AvgIpc) is 3.13. The van der Waals surface area contributed by atoms with Crippen molar-refractivity contribution in [3.63, 3.8) is 0 Å². The third kappa shape index (κ3) is 3.47. The van der Waals surface area contributed by atoms with Gasteiger partial charge in [-0.15, -0.1) is 0 Å². The van der Waals surface area contributed by atoms with Gasteiger partial charge in [-0.3, -0.25) is 0 Å². The van der Waals surface area contributed by atoms with Crippen LogP contribution >= 0.6 is 0 Å². The summed E-state index contributed by atoms with van der Waals surface area (Å²) in [5, 5.41) is 11.8. The lowest BCUT2D eigenvalue weighted by molar-refractivity contribution is 0.187. The number of urea groups is 1. The predicted octanol–water partition coefficient (Wildman–Crippen LogP) is 4.25. The first-order valence-electron chi connectivity index (χ1n) is 8.75. The highest BCUT2D eigenvalue weighted by Gasteiger charge is 2.28. The average molecular weight is 364 g/mol. The number of hydrogen-bond acceptors (Lipinski definition) is 4. The Morgan fingerprint density at radius 3 is 3.00 bits per heavy atom. The maximum absolute atomic E-state index is 13.3. The monoisotopic (exact) mass is 364 g/mol. The Balaban J connectivity index is 1.49. The summed E-state index contributed by atoms with van der Waals surface area (Å²) >= 11 is 0. The molecule has 27 heavy (non-hydrogen) atoms. The van der Waals surface area contributed by atoms with Gasteiger partial charge in [0, 0.05) is 13.1 Å². The smallest absolute Gasteiger partial charge is 0.321 e. The van der Waals surface area contributed by atoms with Crippen molar-refractivity contribution in [2.24, 2.45) is 0 Å². The normalized spacial score (nSPS) is 16.9. The van der Waals surface area contributed by atoms with Gasteiger partial charge in [0.15, 0.2) is 11.5 Å². The number of rotatable bonds is 2. The number of fused-ring (bicyclic) bond motifs is 1. The van der Waals surface area contributed by atoms with E-state index in [0.29, 0.717) is 24.7 Å². The highest BCUT2D eigenvalue weighted by Crippen LogP contribution is 2.29. The van der Waals surface area contributed by atoms with E-state index in [0.717, 1.165) is 30.0 Å². The molecule has 1 aliphatic heterocycles. The fraction of sp³-hybridized carbons (Fsp3) is 0.250. The standard InChI is InChI=1S/C20H17FN4O2/c21-15-7-8-16(14(10-15)11-22)24-20(26)25-9-3-4-13(12-25)19-23-17-5-1-2-6-18(17)27-19/h1-2,5-8,10,13H,3-4,9,12H2,(H,24,26). The van der Waals surface area contributed by atoms with Gasteiger partial charge in [0.25, 0.3) is 0 Å². The first-order valence-corrected chi connectivity index (χ1v) is 8.75. The van der Waals surface area contributed by atoms with Crippen molar-refractivity contribution in [3.05, 3.63) is 59.7 Å². The Bertz CT molecular complexity index is 1010. The summed E-state index contributed by atoms with van der Waals surface area (Å²) in [6, 6.07) is 12.9. The van der Waals surface area contributed by atoms with Gasteiger partial charge in [0.05, 0.1) is 17.2 Å². The number of carbonyl (C=O) groups is 1. The summed E-state index contributed by atoms with van der Waals surface area (Å²) in [4.78, 5) is 18.8. The molecule has 136 valence electrons. The Morgan fingerprint density at radius 1 is 1.33 bits per heavy atom. The number of piperidine rings is 1. The van der Waals surface area contributed by atoms with E-state index in [2.05, 4.69) is 10.3 Å². The molecule has 2 amide bonds. The number of likely N-dealkylation sites (tertiary alicyclic amines) is 1. The van der Waals surface area contributed by atoms with Crippen molar-refractivity contribution in [2.75, 3.05) is 18.4 Å². The summed E-state index contributed by atoms with van der Waals surface area (Å²) in [6.45, 7) is 1.08.